The van der Waals surface area contributed by atoms with Crippen LogP contribution in [0, 0.1) is 0 Å². The van der Waals surface area contributed by atoms with Crippen molar-refractivity contribution in [1.29, 1.82) is 0 Å². The number of nitrogens with one attached hydrogen (secondary N) is 1. The summed E-state index contributed by atoms with van der Waals surface area (Å²) in [7, 11) is 0. The number of benzene rings is 2. The summed E-state index contributed by atoms with van der Waals surface area (Å²) in [4.78, 5) is 40.8. The molecule has 1 aliphatic heterocycles. The molecule has 25 heavy (non-hydrogen) atoms. The number of hydrogen-bond donors (Lipinski definition) is 1. The van der Waals surface area contributed by atoms with Crippen LogP contribution in [0.5, 0.6) is 0 Å². The molecule has 0 radical (unpaired) electrons. The molecule has 0 aliphatic carbocycles. The van der Waals surface area contributed by atoms with Gasteiger partial charge in [-0.3, -0.25) is 19.0 Å². The zero-order chi connectivity index (χ0) is 17.6. The Morgan fingerprint density at radius 1 is 1.20 bits per heavy atom. The monoisotopic (exact) mass is 397 g/mol. The summed E-state index contributed by atoms with van der Waals surface area (Å²) in [5.41, 5.74) is 2.31. The summed E-state index contributed by atoms with van der Waals surface area (Å²) in [6, 6.07) is 10.3. The molecule has 1 aliphatic rings. The van der Waals surface area contributed by atoms with Gasteiger partial charge in [0.05, 0.1) is 30.2 Å². The van der Waals surface area contributed by atoms with Gasteiger partial charge in [0.2, 0.25) is 5.91 Å². The average molecular weight is 398 g/mol. The van der Waals surface area contributed by atoms with Crippen LogP contribution in [0.25, 0.3) is 10.9 Å². The van der Waals surface area contributed by atoms with Gasteiger partial charge in [0, 0.05) is 15.7 Å². The zero-order valence-corrected chi connectivity index (χ0v) is 14.5. The molecule has 0 fully saturated rings. The SMILES string of the molecule is O=C1Cc2cc(C(=O)Cn3cnc4ccc(Br)cc4c3=O)ccc2N1. The minimum Gasteiger partial charge on any atom is -0.326 e. The third kappa shape index (κ3) is 2.87. The fourth-order valence-corrected chi connectivity index (χ4v) is 3.25. The number of aromatic nitrogens is 2. The van der Waals surface area contributed by atoms with E-state index in [1.807, 2.05) is 6.07 Å². The lowest BCUT2D eigenvalue weighted by atomic mass is 10.1. The number of Topliss-reactive ketones (excluding diaryl/α,β-unsaturated/α-hetero) is 1. The molecule has 1 aromatic heterocycles. The van der Waals surface area contributed by atoms with E-state index in [4.69, 9.17) is 0 Å². The summed E-state index contributed by atoms with van der Waals surface area (Å²) >= 11 is 3.34. The van der Waals surface area contributed by atoms with E-state index < -0.39 is 0 Å². The molecule has 0 saturated heterocycles. The van der Waals surface area contributed by atoms with E-state index in [0.29, 0.717) is 16.5 Å². The smallest absolute Gasteiger partial charge is 0.261 e. The van der Waals surface area contributed by atoms with Crippen LogP contribution in [-0.2, 0) is 17.8 Å². The van der Waals surface area contributed by atoms with Gasteiger partial charge in [-0.1, -0.05) is 15.9 Å². The molecule has 2 aromatic carbocycles. The molecule has 0 spiro atoms. The molecule has 4 rings (SSSR count). The topological polar surface area (TPSA) is 81.1 Å². The number of fused-ring (bicyclic) bond motifs is 2. The lowest BCUT2D eigenvalue weighted by Crippen LogP contribution is -2.24. The van der Waals surface area contributed by atoms with Gasteiger partial charge in [-0.15, -0.1) is 0 Å². The van der Waals surface area contributed by atoms with Gasteiger partial charge >= 0.3 is 0 Å². The first-order valence-electron chi connectivity index (χ1n) is 7.62. The molecule has 2 heterocycles. The van der Waals surface area contributed by atoms with E-state index in [-0.39, 0.29) is 30.2 Å². The van der Waals surface area contributed by atoms with E-state index in [2.05, 4.69) is 26.2 Å². The van der Waals surface area contributed by atoms with Gasteiger partial charge in [0.25, 0.3) is 5.56 Å². The summed E-state index contributed by atoms with van der Waals surface area (Å²) in [6.45, 7) is -0.103. The van der Waals surface area contributed by atoms with Crippen LogP contribution < -0.4 is 10.9 Å². The molecule has 0 bridgehead atoms. The number of hydrogen-bond acceptors (Lipinski definition) is 4. The first-order chi connectivity index (χ1) is 12.0. The Hall–Kier alpha value is -2.80. The lowest BCUT2D eigenvalue weighted by Gasteiger charge is -2.07. The molecular weight excluding hydrogens is 386 g/mol. The number of ketones is 1. The fraction of sp³-hybridized carbons (Fsp3) is 0.111. The van der Waals surface area contributed by atoms with Crippen LogP contribution in [0.2, 0.25) is 0 Å². The van der Waals surface area contributed by atoms with E-state index >= 15 is 0 Å². The van der Waals surface area contributed by atoms with Crippen molar-refractivity contribution in [1.82, 2.24) is 9.55 Å². The maximum Gasteiger partial charge on any atom is 0.261 e. The second-order valence-electron chi connectivity index (χ2n) is 5.86. The van der Waals surface area contributed by atoms with Gasteiger partial charge in [-0.2, -0.15) is 0 Å². The molecule has 1 amide bonds. The highest BCUT2D eigenvalue weighted by Gasteiger charge is 2.19. The van der Waals surface area contributed by atoms with Crippen molar-refractivity contribution >= 4 is 44.2 Å². The quantitative estimate of drug-likeness (QED) is 0.688. The van der Waals surface area contributed by atoms with Crippen molar-refractivity contribution in [3.8, 4) is 0 Å². The Morgan fingerprint density at radius 2 is 2.04 bits per heavy atom. The Morgan fingerprint density at radius 3 is 2.88 bits per heavy atom. The van der Waals surface area contributed by atoms with Crippen molar-refractivity contribution in [2.24, 2.45) is 0 Å². The normalized spacial score (nSPS) is 12.9. The average Bonchev–Trinajstić information content (AvgIpc) is 2.97. The Labute approximate surface area is 150 Å². The molecule has 7 heteroatoms. The molecule has 6 nitrogen and oxygen atoms in total. The highest BCUT2D eigenvalue weighted by molar-refractivity contribution is 9.10. The van der Waals surface area contributed by atoms with Crippen molar-refractivity contribution < 1.29 is 9.59 Å². The number of anilines is 1. The standard InChI is InChI=1S/C18H12BrN3O3/c19-12-2-4-15-13(7-12)18(25)22(9-20-15)8-16(23)10-1-3-14-11(5-10)6-17(24)21-14/h1-5,7,9H,6,8H2,(H,21,24). The van der Waals surface area contributed by atoms with Crippen molar-refractivity contribution in [3.05, 3.63) is 68.7 Å². The Balaban J connectivity index is 1.66. The second-order valence-corrected chi connectivity index (χ2v) is 6.77. The van der Waals surface area contributed by atoms with Crippen molar-refractivity contribution in [2.75, 3.05) is 5.32 Å². The predicted octanol–water partition coefficient (Wildman–Crippen LogP) is 2.54. The van der Waals surface area contributed by atoms with E-state index in [0.717, 1.165) is 15.7 Å². The zero-order valence-electron chi connectivity index (χ0n) is 13.0. The number of nitrogens with zero attached hydrogens (tertiary/aromatic N) is 2. The maximum atomic E-state index is 12.6. The Bertz CT molecular complexity index is 1100. The summed E-state index contributed by atoms with van der Waals surface area (Å²) in [5, 5.41) is 3.18. The van der Waals surface area contributed by atoms with Gasteiger partial charge in [-0.05, 0) is 42.0 Å². The summed E-state index contributed by atoms with van der Waals surface area (Å²) in [6.07, 6.45) is 1.65. The highest BCUT2D eigenvalue weighted by Crippen LogP contribution is 2.24. The minimum absolute atomic E-state index is 0.0832. The van der Waals surface area contributed by atoms with Gasteiger partial charge in [0.15, 0.2) is 5.78 Å². The molecule has 0 atom stereocenters. The van der Waals surface area contributed by atoms with Crippen LogP contribution in [-0.4, -0.2) is 21.2 Å². The minimum atomic E-state index is -0.266. The number of carbonyl (C=O) groups is 2. The summed E-state index contributed by atoms with van der Waals surface area (Å²) < 4.78 is 2.08. The first kappa shape index (κ1) is 15.7. The number of amides is 1. The van der Waals surface area contributed by atoms with Crippen molar-refractivity contribution in [2.45, 2.75) is 13.0 Å². The van der Waals surface area contributed by atoms with Crippen LogP contribution in [0.4, 0.5) is 5.69 Å². The third-order valence-corrected chi connectivity index (χ3v) is 4.65. The molecule has 124 valence electrons. The van der Waals surface area contributed by atoms with Crippen molar-refractivity contribution in [3.63, 3.8) is 0 Å². The van der Waals surface area contributed by atoms with Gasteiger partial charge in [0.1, 0.15) is 0 Å². The molecular formula is C18H12BrN3O3. The lowest BCUT2D eigenvalue weighted by molar-refractivity contribution is -0.115. The van der Waals surface area contributed by atoms with Crippen LogP contribution in [0.3, 0.4) is 0 Å². The molecule has 1 N–H and O–H groups in total. The number of carbonyl (C=O) groups excluding carboxylic acids is 2. The maximum absolute atomic E-state index is 12.6. The van der Waals surface area contributed by atoms with E-state index in [1.165, 1.54) is 10.9 Å². The van der Waals surface area contributed by atoms with Crippen LogP contribution in [0.1, 0.15) is 15.9 Å². The largest absolute Gasteiger partial charge is 0.326 e. The molecule has 3 aromatic rings. The highest BCUT2D eigenvalue weighted by atomic mass is 79.9. The predicted molar refractivity (Wildman–Crippen MR) is 96.8 cm³/mol. The van der Waals surface area contributed by atoms with E-state index in [1.54, 1.807) is 30.3 Å². The Kier molecular flexibility index (Phi) is 3.73. The second kappa shape index (κ2) is 5.93. The molecule has 0 saturated carbocycles. The third-order valence-electron chi connectivity index (χ3n) is 4.15. The first-order valence-corrected chi connectivity index (χ1v) is 8.41. The number of rotatable bonds is 3. The van der Waals surface area contributed by atoms with E-state index in [9.17, 15) is 14.4 Å². The fourth-order valence-electron chi connectivity index (χ4n) is 2.89. The van der Waals surface area contributed by atoms with Gasteiger partial charge < -0.3 is 5.32 Å². The van der Waals surface area contributed by atoms with Gasteiger partial charge in [-0.25, -0.2) is 4.98 Å². The summed E-state index contributed by atoms with van der Waals surface area (Å²) in [5.74, 6) is -0.291. The van der Waals surface area contributed by atoms with Crippen LogP contribution >= 0.6 is 15.9 Å². The molecule has 0 unspecified atom stereocenters. The van der Waals surface area contributed by atoms with Crippen LogP contribution in [0.15, 0.2) is 52.0 Å². The number of halogens is 1.